The van der Waals surface area contributed by atoms with Crippen LogP contribution in [-0.2, 0) is 14.4 Å². The van der Waals surface area contributed by atoms with Crippen LogP contribution in [0.3, 0.4) is 0 Å². The van der Waals surface area contributed by atoms with E-state index >= 15 is 0 Å². The average molecular weight is 286 g/mol. The molecule has 2 fully saturated rings. The van der Waals surface area contributed by atoms with Gasteiger partial charge in [-0.25, -0.2) is 0 Å². The molecule has 2 saturated heterocycles. The van der Waals surface area contributed by atoms with Crippen molar-refractivity contribution in [1.82, 2.24) is 5.32 Å². The van der Waals surface area contributed by atoms with E-state index in [2.05, 4.69) is 10.2 Å². The molecular formula is C16H18N2O3. The summed E-state index contributed by atoms with van der Waals surface area (Å²) in [5.41, 5.74) is 2.02. The van der Waals surface area contributed by atoms with Gasteiger partial charge in [0.2, 0.25) is 11.8 Å². The van der Waals surface area contributed by atoms with E-state index in [1.165, 1.54) is 0 Å². The second kappa shape index (κ2) is 5.68. The van der Waals surface area contributed by atoms with Gasteiger partial charge in [-0.05, 0) is 30.5 Å². The molecule has 21 heavy (non-hydrogen) atoms. The molecule has 0 bridgehead atoms. The number of carbonyl (C=O) groups excluding carboxylic acids is 3. The Morgan fingerprint density at radius 1 is 1.14 bits per heavy atom. The van der Waals surface area contributed by atoms with E-state index in [1.807, 2.05) is 24.3 Å². The summed E-state index contributed by atoms with van der Waals surface area (Å²) in [4.78, 5) is 36.0. The van der Waals surface area contributed by atoms with Gasteiger partial charge in [0, 0.05) is 31.1 Å². The highest BCUT2D eigenvalue weighted by molar-refractivity contribution is 6.00. The predicted molar refractivity (Wildman–Crippen MR) is 78.0 cm³/mol. The second-order valence-corrected chi connectivity index (χ2v) is 5.73. The Labute approximate surface area is 123 Å². The van der Waals surface area contributed by atoms with Crippen molar-refractivity contribution in [1.29, 1.82) is 0 Å². The van der Waals surface area contributed by atoms with Crippen molar-refractivity contribution in [2.24, 2.45) is 5.92 Å². The van der Waals surface area contributed by atoms with Crippen LogP contribution in [0, 0.1) is 5.92 Å². The Morgan fingerprint density at radius 3 is 2.52 bits per heavy atom. The van der Waals surface area contributed by atoms with Crippen LogP contribution in [-0.4, -0.2) is 31.2 Å². The Balaban J connectivity index is 1.71. The highest BCUT2D eigenvalue weighted by Gasteiger charge is 2.28. The minimum atomic E-state index is -0.238. The Bertz CT molecular complexity index is 567. The van der Waals surface area contributed by atoms with Gasteiger partial charge in [-0.2, -0.15) is 0 Å². The molecule has 5 heteroatoms. The summed E-state index contributed by atoms with van der Waals surface area (Å²) in [5.74, 6) is -0.510. The summed E-state index contributed by atoms with van der Waals surface area (Å²) in [6, 6.07) is 7.88. The average Bonchev–Trinajstić information content (AvgIpc) is 2.96. The molecule has 3 rings (SSSR count). The molecule has 1 N–H and O–H groups in total. The van der Waals surface area contributed by atoms with Gasteiger partial charge in [0.15, 0.2) is 0 Å². The third-order valence-corrected chi connectivity index (χ3v) is 4.32. The smallest absolute Gasteiger partial charge is 0.234 e. The molecule has 2 heterocycles. The molecule has 110 valence electrons. The lowest BCUT2D eigenvalue weighted by Crippen LogP contribution is -2.39. The second-order valence-electron chi connectivity index (χ2n) is 5.73. The lowest BCUT2D eigenvalue weighted by molar-refractivity contribution is -0.134. The van der Waals surface area contributed by atoms with E-state index in [9.17, 15) is 14.4 Å². The van der Waals surface area contributed by atoms with Crippen LogP contribution >= 0.6 is 0 Å². The van der Waals surface area contributed by atoms with Gasteiger partial charge in [-0.3, -0.25) is 14.9 Å². The molecule has 0 saturated carbocycles. The quantitative estimate of drug-likeness (QED) is 0.670. The number of carbonyl (C=O) groups is 3. The van der Waals surface area contributed by atoms with Crippen molar-refractivity contribution in [3.63, 3.8) is 0 Å². The van der Waals surface area contributed by atoms with Gasteiger partial charge in [0.25, 0.3) is 0 Å². The normalized spacial score (nSPS) is 25.8. The number of piperidine rings is 1. The lowest BCUT2D eigenvalue weighted by atomic mass is 9.90. The van der Waals surface area contributed by atoms with E-state index in [-0.39, 0.29) is 23.7 Å². The van der Waals surface area contributed by atoms with Crippen LogP contribution in [0.25, 0.3) is 0 Å². The summed E-state index contributed by atoms with van der Waals surface area (Å²) in [7, 11) is 0. The maximum Gasteiger partial charge on any atom is 0.234 e. The third-order valence-electron chi connectivity index (χ3n) is 4.32. The standard InChI is InChI=1S/C16H18N2O3/c19-10-11-7-8-18(9-11)13-3-1-12(2-4-13)14-5-6-15(20)17-16(14)21/h1-4,10-11,14H,5-9H2,(H,17,20,21)/t11-,14?/m0/s1. The Morgan fingerprint density at radius 2 is 1.90 bits per heavy atom. The molecule has 0 spiro atoms. The number of hydrogen-bond donors (Lipinski definition) is 1. The highest BCUT2D eigenvalue weighted by atomic mass is 16.2. The molecule has 2 aliphatic heterocycles. The molecule has 2 aliphatic rings. The number of anilines is 1. The lowest BCUT2D eigenvalue weighted by Gasteiger charge is -2.22. The number of nitrogens with one attached hydrogen (secondary N) is 1. The Kier molecular flexibility index (Phi) is 3.73. The fourth-order valence-corrected chi connectivity index (χ4v) is 3.06. The largest absolute Gasteiger partial charge is 0.371 e. The predicted octanol–water partition coefficient (Wildman–Crippen LogP) is 1.23. The number of nitrogens with zero attached hydrogens (tertiary/aromatic N) is 1. The number of imide groups is 1. The molecule has 0 radical (unpaired) electrons. The number of aldehydes is 1. The first-order valence-electron chi connectivity index (χ1n) is 7.31. The first kappa shape index (κ1) is 13.8. The number of amides is 2. The number of rotatable bonds is 3. The van der Waals surface area contributed by atoms with E-state index in [0.717, 1.165) is 37.0 Å². The summed E-state index contributed by atoms with van der Waals surface area (Å²) < 4.78 is 0. The third kappa shape index (κ3) is 2.82. The first-order chi connectivity index (χ1) is 10.2. The summed E-state index contributed by atoms with van der Waals surface area (Å²) in [6.07, 6.45) is 2.89. The van der Waals surface area contributed by atoms with Crippen molar-refractivity contribution in [2.75, 3.05) is 18.0 Å². The molecule has 5 nitrogen and oxygen atoms in total. The van der Waals surface area contributed by atoms with Crippen LogP contribution in [0.2, 0.25) is 0 Å². The monoisotopic (exact) mass is 286 g/mol. The van der Waals surface area contributed by atoms with Gasteiger partial charge >= 0.3 is 0 Å². The molecular weight excluding hydrogens is 268 g/mol. The topological polar surface area (TPSA) is 66.5 Å². The first-order valence-corrected chi connectivity index (χ1v) is 7.31. The van der Waals surface area contributed by atoms with Gasteiger partial charge in [0.1, 0.15) is 6.29 Å². The number of hydrogen-bond acceptors (Lipinski definition) is 4. The van der Waals surface area contributed by atoms with Gasteiger partial charge in [0.05, 0.1) is 5.92 Å². The maximum absolute atomic E-state index is 11.8. The fourth-order valence-electron chi connectivity index (χ4n) is 3.06. The summed E-state index contributed by atoms with van der Waals surface area (Å²) >= 11 is 0. The summed E-state index contributed by atoms with van der Waals surface area (Å²) in [5, 5.41) is 2.38. The van der Waals surface area contributed by atoms with Crippen molar-refractivity contribution in [2.45, 2.75) is 25.2 Å². The minimum absolute atomic E-state index is 0.125. The molecule has 0 aliphatic carbocycles. The zero-order valence-electron chi connectivity index (χ0n) is 11.7. The van der Waals surface area contributed by atoms with Crippen molar-refractivity contribution in [3.05, 3.63) is 29.8 Å². The van der Waals surface area contributed by atoms with Crippen molar-refractivity contribution >= 4 is 23.8 Å². The van der Waals surface area contributed by atoms with Crippen molar-refractivity contribution in [3.8, 4) is 0 Å². The van der Waals surface area contributed by atoms with Crippen LogP contribution in [0.15, 0.2) is 24.3 Å². The van der Waals surface area contributed by atoms with Gasteiger partial charge in [-0.15, -0.1) is 0 Å². The van der Waals surface area contributed by atoms with Gasteiger partial charge in [-0.1, -0.05) is 12.1 Å². The molecule has 1 aromatic carbocycles. The SMILES string of the molecule is O=C[C@H]1CCN(c2ccc(C3CCC(=O)NC3=O)cc2)C1. The fraction of sp³-hybridized carbons (Fsp3) is 0.438. The summed E-state index contributed by atoms with van der Waals surface area (Å²) in [6.45, 7) is 1.66. The van der Waals surface area contributed by atoms with E-state index in [0.29, 0.717) is 12.8 Å². The number of benzene rings is 1. The minimum Gasteiger partial charge on any atom is -0.371 e. The van der Waals surface area contributed by atoms with Crippen LogP contribution in [0.1, 0.15) is 30.7 Å². The Hall–Kier alpha value is -2.17. The van der Waals surface area contributed by atoms with E-state index < -0.39 is 0 Å². The van der Waals surface area contributed by atoms with Crippen LogP contribution in [0.5, 0.6) is 0 Å². The maximum atomic E-state index is 11.8. The van der Waals surface area contributed by atoms with Crippen LogP contribution in [0.4, 0.5) is 5.69 Å². The molecule has 0 aromatic heterocycles. The molecule has 2 amide bonds. The molecule has 1 aromatic rings. The highest BCUT2D eigenvalue weighted by Crippen LogP contribution is 2.28. The van der Waals surface area contributed by atoms with E-state index in [4.69, 9.17) is 0 Å². The molecule has 2 atom stereocenters. The van der Waals surface area contributed by atoms with Crippen molar-refractivity contribution < 1.29 is 14.4 Å². The van der Waals surface area contributed by atoms with Gasteiger partial charge < -0.3 is 9.69 Å². The zero-order chi connectivity index (χ0) is 14.8. The van der Waals surface area contributed by atoms with E-state index in [1.54, 1.807) is 0 Å². The van der Waals surface area contributed by atoms with Crippen LogP contribution < -0.4 is 10.2 Å². The zero-order valence-corrected chi connectivity index (χ0v) is 11.7. The molecule has 1 unspecified atom stereocenters.